The van der Waals surface area contributed by atoms with Crippen LogP contribution in [0.1, 0.15) is 38.2 Å². The summed E-state index contributed by atoms with van der Waals surface area (Å²) in [7, 11) is 4.94. The lowest BCUT2D eigenvalue weighted by Gasteiger charge is -2.32. The predicted molar refractivity (Wildman–Crippen MR) is 120 cm³/mol. The summed E-state index contributed by atoms with van der Waals surface area (Å²) in [5, 5.41) is 0. The number of carbonyl (C=O) groups is 1. The number of nitrogens with one attached hydrogen (secondary N) is 2. The van der Waals surface area contributed by atoms with Crippen molar-refractivity contribution in [2.45, 2.75) is 39.2 Å². The molecule has 1 aromatic rings. The Morgan fingerprint density at radius 2 is 1.68 bits per heavy atom. The van der Waals surface area contributed by atoms with Crippen molar-refractivity contribution >= 4 is 5.91 Å². The quantitative estimate of drug-likeness (QED) is 0.588. The number of amides is 1. The Labute approximate surface area is 186 Å². The van der Waals surface area contributed by atoms with Crippen molar-refractivity contribution in [2.24, 2.45) is 0 Å². The van der Waals surface area contributed by atoms with Crippen LogP contribution >= 0.6 is 0 Å². The molecule has 0 saturated carbocycles. The molecule has 7 heteroatoms. The van der Waals surface area contributed by atoms with E-state index in [0.717, 1.165) is 63.4 Å². The van der Waals surface area contributed by atoms with Gasteiger partial charge < -0.3 is 28.9 Å². The predicted octanol–water partition coefficient (Wildman–Crippen LogP) is 0.302. The van der Waals surface area contributed by atoms with E-state index in [1.165, 1.54) is 28.3 Å². The zero-order chi connectivity index (χ0) is 22.2. The molecule has 1 aliphatic heterocycles. The first kappa shape index (κ1) is 23.4. The average Bonchev–Trinajstić information content (AvgIpc) is 2.81. The molecule has 0 atom stereocenters. The SMILES string of the molecule is CCN(C(=O)C[NH+]1CC[NH+](Cc2ccc(OC)c(OC)c2OC)CC1)C1=CCCCC1. The van der Waals surface area contributed by atoms with E-state index in [9.17, 15) is 4.79 Å². The van der Waals surface area contributed by atoms with Gasteiger partial charge in [0.2, 0.25) is 5.75 Å². The monoisotopic (exact) mass is 433 g/mol. The van der Waals surface area contributed by atoms with Gasteiger partial charge in [-0.1, -0.05) is 6.08 Å². The topological polar surface area (TPSA) is 56.9 Å². The summed E-state index contributed by atoms with van der Waals surface area (Å²) >= 11 is 0. The second-order valence-corrected chi connectivity index (χ2v) is 8.43. The van der Waals surface area contributed by atoms with Crippen molar-refractivity contribution in [1.82, 2.24) is 4.90 Å². The van der Waals surface area contributed by atoms with Gasteiger partial charge in [0, 0.05) is 12.2 Å². The lowest BCUT2D eigenvalue weighted by Crippen LogP contribution is -3.28. The summed E-state index contributed by atoms with van der Waals surface area (Å²) in [6, 6.07) is 4.00. The van der Waals surface area contributed by atoms with Gasteiger partial charge in [-0.15, -0.1) is 0 Å². The minimum Gasteiger partial charge on any atom is -0.493 e. The first-order valence-corrected chi connectivity index (χ1v) is 11.6. The highest BCUT2D eigenvalue weighted by molar-refractivity contribution is 5.79. The van der Waals surface area contributed by atoms with Crippen LogP contribution in [-0.2, 0) is 11.3 Å². The molecule has 31 heavy (non-hydrogen) atoms. The molecule has 1 saturated heterocycles. The first-order valence-electron chi connectivity index (χ1n) is 11.6. The summed E-state index contributed by atoms with van der Waals surface area (Å²) < 4.78 is 16.6. The number of hydrogen-bond donors (Lipinski definition) is 2. The first-order chi connectivity index (χ1) is 15.1. The molecule has 0 radical (unpaired) electrons. The van der Waals surface area contributed by atoms with Crippen LogP contribution in [0.3, 0.4) is 0 Å². The molecule has 0 aromatic heterocycles. The van der Waals surface area contributed by atoms with Crippen molar-refractivity contribution in [3.05, 3.63) is 29.5 Å². The average molecular weight is 434 g/mol. The van der Waals surface area contributed by atoms with Crippen LogP contribution < -0.4 is 24.0 Å². The highest BCUT2D eigenvalue weighted by Crippen LogP contribution is 2.39. The number of piperazine rings is 1. The maximum absolute atomic E-state index is 12.9. The van der Waals surface area contributed by atoms with Crippen LogP contribution in [0.25, 0.3) is 0 Å². The minimum absolute atomic E-state index is 0.274. The van der Waals surface area contributed by atoms with Crippen molar-refractivity contribution in [1.29, 1.82) is 0 Å². The van der Waals surface area contributed by atoms with Gasteiger partial charge in [0.15, 0.2) is 18.0 Å². The van der Waals surface area contributed by atoms with E-state index < -0.39 is 0 Å². The van der Waals surface area contributed by atoms with Crippen molar-refractivity contribution in [3.63, 3.8) is 0 Å². The highest BCUT2D eigenvalue weighted by Gasteiger charge is 2.29. The molecule has 0 spiro atoms. The van der Waals surface area contributed by atoms with Crippen LogP contribution in [0.5, 0.6) is 17.2 Å². The van der Waals surface area contributed by atoms with E-state index in [-0.39, 0.29) is 5.91 Å². The largest absolute Gasteiger partial charge is 0.493 e. The number of allylic oxidation sites excluding steroid dienone is 2. The van der Waals surface area contributed by atoms with Crippen LogP contribution in [0, 0.1) is 0 Å². The summed E-state index contributed by atoms with van der Waals surface area (Å²) in [6.45, 7) is 8.41. The number of ether oxygens (including phenoxy) is 3. The highest BCUT2D eigenvalue weighted by atomic mass is 16.5. The molecule has 1 aliphatic carbocycles. The van der Waals surface area contributed by atoms with Crippen molar-refractivity contribution in [2.75, 3.05) is 60.6 Å². The van der Waals surface area contributed by atoms with Gasteiger partial charge in [0.25, 0.3) is 5.91 Å². The Morgan fingerprint density at radius 1 is 0.968 bits per heavy atom. The molecule has 172 valence electrons. The summed E-state index contributed by atoms with van der Waals surface area (Å²) in [5.74, 6) is 2.35. The van der Waals surface area contributed by atoms with Crippen molar-refractivity contribution < 1.29 is 28.8 Å². The van der Waals surface area contributed by atoms with Crippen molar-refractivity contribution in [3.8, 4) is 17.2 Å². The number of quaternary nitrogens is 2. The molecular formula is C24H39N3O4+2. The fourth-order valence-corrected chi connectivity index (χ4v) is 4.80. The third kappa shape index (κ3) is 5.71. The number of likely N-dealkylation sites (N-methyl/N-ethyl adjacent to an activating group) is 1. The van der Waals surface area contributed by atoms with E-state index in [0.29, 0.717) is 18.0 Å². The number of methoxy groups -OCH3 is 3. The minimum atomic E-state index is 0.274. The zero-order valence-corrected chi connectivity index (χ0v) is 19.6. The summed E-state index contributed by atoms with van der Waals surface area (Å²) in [6.07, 6.45) is 6.85. The van der Waals surface area contributed by atoms with E-state index in [1.807, 2.05) is 11.0 Å². The van der Waals surface area contributed by atoms with Crippen LogP contribution in [0.15, 0.2) is 23.9 Å². The Bertz CT molecular complexity index is 772. The standard InChI is InChI=1S/C24H37N3O4/c1-5-27(20-9-7-6-8-10-20)22(28)18-26-15-13-25(14-16-26)17-19-11-12-21(29-2)24(31-4)23(19)30-3/h9,11-12H,5-8,10,13-18H2,1-4H3/p+2. The van der Waals surface area contributed by atoms with E-state index in [2.05, 4.69) is 19.1 Å². The number of hydrogen-bond acceptors (Lipinski definition) is 4. The van der Waals surface area contributed by atoms with Crippen LogP contribution in [0.2, 0.25) is 0 Å². The lowest BCUT2D eigenvalue weighted by molar-refractivity contribution is -1.02. The van der Waals surface area contributed by atoms with E-state index in [4.69, 9.17) is 14.2 Å². The molecule has 1 fully saturated rings. The number of benzene rings is 1. The molecule has 7 nitrogen and oxygen atoms in total. The fourth-order valence-electron chi connectivity index (χ4n) is 4.80. The van der Waals surface area contributed by atoms with Gasteiger partial charge in [-0.25, -0.2) is 0 Å². The zero-order valence-electron chi connectivity index (χ0n) is 19.6. The van der Waals surface area contributed by atoms with Gasteiger partial charge in [0.05, 0.1) is 26.9 Å². The van der Waals surface area contributed by atoms with Gasteiger partial charge in [-0.3, -0.25) is 4.79 Å². The molecule has 2 N–H and O–H groups in total. The Kier molecular flexibility index (Phi) is 8.60. The number of carbonyl (C=O) groups excluding carboxylic acids is 1. The normalized spacial score (nSPS) is 21.2. The Balaban J connectivity index is 1.55. The Morgan fingerprint density at radius 3 is 2.26 bits per heavy atom. The molecule has 1 aromatic carbocycles. The van der Waals surface area contributed by atoms with E-state index in [1.54, 1.807) is 21.3 Å². The number of rotatable bonds is 9. The van der Waals surface area contributed by atoms with Gasteiger partial charge in [-0.2, -0.15) is 0 Å². The maximum Gasteiger partial charge on any atom is 0.281 e. The second-order valence-electron chi connectivity index (χ2n) is 8.43. The summed E-state index contributed by atoms with van der Waals surface area (Å²) in [4.78, 5) is 17.9. The third-order valence-corrected chi connectivity index (χ3v) is 6.52. The molecule has 0 unspecified atom stereocenters. The van der Waals surface area contributed by atoms with Gasteiger partial charge >= 0.3 is 0 Å². The Hall–Kier alpha value is -2.25. The second kappa shape index (κ2) is 11.4. The van der Waals surface area contributed by atoms with Crippen LogP contribution in [-0.4, -0.2) is 71.4 Å². The van der Waals surface area contributed by atoms with Gasteiger partial charge in [-0.05, 0) is 44.7 Å². The molecular weight excluding hydrogens is 394 g/mol. The number of nitrogens with zero attached hydrogens (tertiary/aromatic N) is 1. The lowest BCUT2D eigenvalue weighted by atomic mass is 10.0. The molecule has 0 bridgehead atoms. The summed E-state index contributed by atoms with van der Waals surface area (Å²) in [5.41, 5.74) is 2.36. The molecule has 1 heterocycles. The van der Waals surface area contributed by atoms with E-state index >= 15 is 0 Å². The smallest absolute Gasteiger partial charge is 0.281 e. The maximum atomic E-state index is 12.9. The molecule has 1 amide bonds. The third-order valence-electron chi connectivity index (χ3n) is 6.52. The van der Waals surface area contributed by atoms with Crippen LogP contribution in [0.4, 0.5) is 0 Å². The fraction of sp³-hybridized carbons (Fsp3) is 0.625. The molecule has 3 rings (SSSR count). The molecule has 2 aliphatic rings. The van der Waals surface area contributed by atoms with Gasteiger partial charge in [0.1, 0.15) is 32.7 Å².